The summed E-state index contributed by atoms with van der Waals surface area (Å²) < 4.78 is 20.9. The zero-order valence-corrected chi connectivity index (χ0v) is 12.1. The van der Waals surface area contributed by atoms with Crippen molar-refractivity contribution in [2.24, 2.45) is 0 Å². The molecule has 1 rings (SSSR count). The number of anilines is 1. The van der Waals surface area contributed by atoms with Gasteiger partial charge >= 0.3 is 0 Å². The average Bonchev–Trinajstić information content (AvgIpc) is 2.50. The summed E-state index contributed by atoms with van der Waals surface area (Å²) in [7, 11) is 3.45. The monoisotopic (exact) mass is 285 g/mol. The van der Waals surface area contributed by atoms with E-state index in [-0.39, 0.29) is 0 Å². The smallest absolute Gasteiger partial charge is 0.144 e. The number of hydrogen-bond donors (Lipinski definition) is 1. The minimum absolute atomic E-state index is 0.435. The highest BCUT2D eigenvalue weighted by Gasteiger charge is 1.97. The summed E-state index contributed by atoms with van der Waals surface area (Å²) >= 11 is 0. The summed E-state index contributed by atoms with van der Waals surface area (Å²) in [5, 5.41) is 2.91. The second-order valence-electron chi connectivity index (χ2n) is 3.91. The Kier molecular flexibility index (Phi) is 9.68. The van der Waals surface area contributed by atoms with Gasteiger partial charge in [0.25, 0.3) is 0 Å². The van der Waals surface area contributed by atoms with Gasteiger partial charge in [-0.1, -0.05) is 0 Å². The molecule has 0 fully saturated rings. The number of ether oxygens (including phenoxy) is 4. The topological polar surface area (TPSA) is 74.7 Å². The molecule has 1 aromatic rings. The van der Waals surface area contributed by atoms with Gasteiger partial charge in [0.05, 0.1) is 64.3 Å². The molecule has 0 spiro atoms. The summed E-state index contributed by atoms with van der Waals surface area (Å²) in [4.78, 5) is 8.35. The van der Waals surface area contributed by atoms with Crippen LogP contribution in [0.25, 0.3) is 0 Å². The Morgan fingerprint density at radius 2 is 1.55 bits per heavy atom. The van der Waals surface area contributed by atoms with E-state index in [2.05, 4.69) is 15.3 Å². The van der Waals surface area contributed by atoms with Crippen LogP contribution in [-0.4, -0.2) is 63.8 Å². The SMILES string of the molecule is CNc1cnc(COCCOCCOCCOC)cn1. The fourth-order valence-electron chi connectivity index (χ4n) is 1.32. The Morgan fingerprint density at radius 1 is 0.900 bits per heavy atom. The predicted molar refractivity (Wildman–Crippen MR) is 74.7 cm³/mol. The normalized spacial score (nSPS) is 10.7. The largest absolute Gasteiger partial charge is 0.382 e. The Bertz CT molecular complexity index is 335. The van der Waals surface area contributed by atoms with Gasteiger partial charge in [-0.2, -0.15) is 0 Å². The summed E-state index contributed by atoms with van der Waals surface area (Å²) in [5.41, 5.74) is 0.798. The van der Waals surface area contributed by atoms with E-state index < -0.39 is 0 Å². The van der Waals surface area contributed by atoms with Gasteiger partial charge in [0.2, 0.25) is 0 Å². The van der Waals surface area contributed by atoms with Crippen LogP contribution in [0, 0.1) is 0 Å². The maximum absolute atomic E-state index is 5.43. The summed E-state index contributed by atoms with van der Waals surface area (Å²) in [6.45, 7) is 3.83. The van der Waals surface area contributed by atoms with Gasteiger partial charge in [0.15, 0.2) is 0 Å². The Balaban J connectivity index is 1.91. The van der Waals surface area contributed by atoms with E-state index in [0.29, 0.717) is 46.2 Å². The predicted octanol–water partition coefficient (Wildman–Crippen LogP) is 0.714. The van der Waals surface area contributed by atoms with Gasteiger partial charge < -0.3 is 24.3 Å². The van der Waals surface area contributed by atoms with E-state index in [1.807, 2.05) is 0 Å². The van der Waals surface area contributed by atoms with E-state index in [0.717, 1.165) is 11.5 Å². The summed E-state index contributed by atoms with van der Waals surface area (Å²) in [6.07, 6.45) is 3.36. The lowest BCUT2D eigenvalue weighted by Crippen LogP contribution is -2.11. The van der Waals surface area contributed by atoms with Crippen LogP contribution < -0.4 is 5.32 Å². The standard InChI is InChI=1S/C13H23N3O4/c1-14-13-10-15-12(9-16-13)11-20-8-7-19-6-5-18-4-3-17-2/h9-10H,3-8,11H2,1-2H3,(H,14,16). The maximum Gasteiger partial charge on any atom is 0.144 e. The number of hydrogen-bond acceptors (Lipinski definition) is 7. The molecule has 0 bridgehead atoms. The second-order valence-corrected chi connectivity index (χ2v) is 3.91. The van der Waals surface area contributed by atoms with Gasteiger partial charge in [0, 0.05) is 14.2 Å². The molecule has 0 saturated heterocycles. The molecule has 1 heterocycles. The number of rotatable bonds is 12. The maximum atomic E-state index is 5.43. The number of nitrogens with one attached hydrogen (secondary N) is 1. The molecule has 0 aliphatic carbocycles. The number of nitrogens with zero attached hydrogens (tertiary/aromatic N) is 2. The first kappa shape index (κ1) is 16.8. The van der Waals surface area contributed by atoms with E-state index in [9.17, 15) is 0 Å². The van der Waals surface area contributed by atoms with Crippen LogP contribution in [-0.2, 0) is 25.6 Å². The van der Waals surface area contributed by atoms with Crippen molar-refractivity contribution in [1.29, 1.82) is 0 Å². The molecule has 0 saturated carbocycles. The van der Waals surface area contributed by atoms with E-state index in [1.54, 1.807) is 26.6 Å². The fourth-order valence-corrected chi connectivity index (χ4v) is 1.32. The first-order chi connectivity index (χ1) is 9.86. The summed E-state index contributed by atoms with van der Waals surface area (Å²) in [5.74, 6) is 0.741. The molecule has 20 heavy (non-hydrogen) atoms. The lowest BCUT2D eigenvalue weighted by molar-refractivity contribution is 0.000436. The molecule has 0 aromatic carbocycles. The third-order valence-electron chi connectivity index (χ3n) is 2.39. The number of methoxy groups -OCH3 is 1. The molecule has 0 aliphatic rings. The third-order valence-corrected chi connectivity index (χ3v) is 2.39. The van der Waals surface area contributed by atoms with E-state index in [1.165, 1.54) is 0 Å². The lowest BCUT2D eigenvalue weighted by atomic mass is 10.5. The van der Waals surface area contributed by atoms with Crippen molar-refractivity contribution >= 4 is 5.82 Å². The van der Waals surface area contributed by atoms with E-state index in [4.69, 9.17) is 18.9 Å². The molecular weight excluding hydrogens is 262 g/mol. The first-order valence-corrected chi connectivity index (χ1v) is 6.57. The van der Waals surface area contributed by atoms with Crippen molar-refractivity contribution in [2.45, 2.75) is 6.61 Å². The quantitative estimate of drug-likeness (QED) is 0.567. The molecule has 0 unspecified atom stereocenters. The minimum Gasteiger partial charge on any atom is -0.382 e. The second kappa shape index (κ2) is 11.5. The first-order valence-electron chi connectivity index (χ1n) is 6.57. The molecule has 7 heteroatoms. The van der Waals surface area contributed by atoms with Crippen molar-refractivity contribution in [3.63, 3.8) is 0 Å². The van der Waals surface area contributed by atoms with Gasteiger partial charge in [-0.25, -0.2) is 4.98 Å². The highest BCUT2D eigenvalue weighted by Crippen LogP contribution is 2.00. The van der Waals surface area contributed by atoms with Crippen LogP contribution >= 0.6 is 0 Å². The zero-order valence-electron chi connectivity index (χ0n) is 12.1. The van der Waals surface area contributed by atoms with Crippen molar-refractivity contribution < 1.29 is 18.9 Å². The molecule has 1 aromatic heterocycles. The Morgan fingerprint density at radius 3 is 2.10 bits per heavy atom. The highest BCUT2D eigenvalue weighted by molar-refractivity contribution is 5.29. The fraction of sp³-hybridized carbons (Fsp3) is 0.692. The molecule has 7 nitrogen and oxygen atoms in total. The van der Waals surface area contributed by atoms with Crippen LogP contribution in [0.4, 0.5) is 5.82 Å². The molecule has 0 atom stereocenters. The van der Waals surface area contributed by atoms with Crippen LogP contribution in [0.3, 0.4) is 0 Å². The van der Waals surface area contributed by atoms with Crippen molar-refractivity contribution in [1.82, 2.24) is 9.97 Å². The van der Waals surface area contributed by atoms with Gasteiger partial charge in [0.1, 0.15) is 5.82 Å². The molecule has 114 valence electrons. The summed E-state index contributed by atoms with van der Waals surface area (Å²) in [6, 6.07) is 0. The van der Waals surface area contributed by atoms with Gasteiger partial charge in [-0.3, -0.25) is 4.98 Å². The average molecular weight is 285 g/mol. The van der Waals surface area contributed by atoms with Gasteiger partial charge in [-0.15, -0.1) is 0 Å². The number of aromatic nitrogens is 2. The van der Waals surface area contributed by atoms with Crippen molar-refractivity contribution in [3.8, 4) is 0 Å². The van der Waals surface area contributed by atoms with Crippen LogP contribution in [0.15, 0.2) is 12.4 Å². The Labute approximate surface area is 119 Å². The van der Waals surface area contributed by atoms with Crippen molar-refractivity contribution in [3.05, 3.63) is 18.1 Å². The van der Waals surface area contributed by atoms with Crippen LogP contribution in [0.5, 0.6) is 0 Å². The molecule has 0 aliphatic heterocycles. The van der Waals surface area contributed by atoms with Gasteiger partial charge in [-0.05, 0) is 0 Å². The molecular formula is C13H23N3O4. The van der Waals surface area contributed by atoms with E-state index >= 15 is 0 Å². The third kappa shape index (κ3) is 8.00. The molecule has 0 amide bonds. The highest BCUT2D eigenvalue weighted by atomic mass is 16.6. The minimum atomic E-state index is 0.435. The molecule has 1 N–H and O–H groups in total. The Hall–Kier alpha value is -1.28. The lowest BCUT2D eigenvalue weighted by Gasteiger charge is -2.06. The zero-order chi connectivity index (χ0) is 14.5. The van der Waals surface area contributed by atoms with Crippen molar-refractivity contribution in [2.75, 3.05) is 59.1 Å². The van der Waals surface area contributed by atoms with Crippen LogP contribution in [0.2, 0.25) is 0 Å². The van der Waals surface area contributed by atoms with Crippen LogP contribution in [0.1, 0.15) is 5.69 Å². The molecule has 0 radical (unpaired) electrons.